The Bertz CT molecular complexity index is 749. The van der Waals surface area contributed by atoms with E-state index in [4.69, 9.17) is 0 Å². The maximum atomic E-state index is 12.4. The topological polar surface area (TPSA) is 62.5 Å². The van der Waals surface area contributed by atoms with E-state index in [9.17, 15) is 18.0 Å². The number of rotatable bonds is 7. The third-order valence-electron chi connectivity index (χ3n) is 3.66. The number of alkyl halides is 3. The van der Waals surface area contributed by atoms with E-state index in [-0.39, 0.29) is 6.54 Å². The van der Waals surface area contributed by atoms with Crippen LogP contribution in [0.5, 0.6) is 0 Å². The van der Waals surface area contributed by atoms with Gasteiger partial charge in [0.25, 0.3) is 5.91 Å². The van der Waals surface area contributed by atoms with Crippen LogP contribution in [0.25, 0.3) is 0 Å². The van der Waals surface area contributed by atoms with Gasteiger partial charge < -0.3 is 4.90 Å². The summed E-state index contributed by atoms with van der Waals surface area (Å²) < 4.78 is 38.3. The fourth-order valence-electron chi connectivity index (χ4n) is 2.32. The van der Waals surface area contributed by atoms with E-state index in [1.165, 1.54) is 6.21 Å². The first-order chi connectivity index (χ1) is 12.3. The van der Waals surface area contributed by atoms with E-state index < -0.39 is 17.8 Å². The minimum atomic E-state index is -4.53. The van der Waals surface area contributed by atoms with E-state index in [0.29, 0.717) is 0 Å². The predicted molar refractivity (Wildman–Crippen MR) is 93.0 cm³/mol. The Kier molecular flexibility index (Phi) is 6.37. The van der Waals surface area contributed by atoms with E-state index in [2.05, 4.69) is 34.4 Å². The Morgan fingerprint density at radius 1 is 1.23 bits per heavy atom. The van der Waals surface area contributed by atoms with Crippen LogP contribution in [0.3, 0.4) is 0 Å². The highest BCUT2D eigenvalue weighted by Crippen LogP contribution is 2.27. The summed E-state index contributed by atoms with van der Waals surface area (Å²) >= 11 is 0. The van der Waals surface area contributed by atoms with Crippen LogP contribution in [-0.4, -0.2) is 35.0 Å². The average molecular weight is 367 g/mol. The van der Waals surface area contributed by atoms with Crippen LogP contribution < -0.4 is 10.3 Å². The number of amides is 1. The number of benzene rings is 1. The number of halogens is 3. The lowest BCUT2D eigenvalue weighted by Crippen LogP contribution is -2.24. The molecule has 0 saturated carbocycles. The van der Waals surface area contributed by atoms with Crippen LogP contribution in [0.1, 0.15) is 25.1 Å². The Hall–Kier alpha value is -2.84. The molecule has 0 bridgehead atoms. The number of hydrogen-bond donors (Lipinski definition) is 1. The zero-order valence-corrected chi connectivity index (χ0v) is 14.5. The highest BCUT2D eigenvalue weighted by atomic mass is 19.4. The molecule has 0 aliphatic carbocycles. The predicted octanol–water partition coefficient (Wildman–Crippen LogP) is 2.90. The standard InChI is InChI=1S/C17H20F3N5O/c1-3-24(4-2)14-7-5-13(6-8-14)11-21-22-16(26)12-25-10-9-15(23-25)17(18,19)20/h5-11H,3-4,12H2,1-2H3,(H,22,26)/b21-11-. The Labute approximate surface area is 149 Å². The molecule has 0 atom stereocenters. The smallest absolute Gasteiger partial charge is 0.372 e. The summed E-state index contributed by atoms with van der Waals surface area (Å²) in [6.45, 7) is 5.61. The zero-order valence-electron chi connectivity index (χ0n) is 14.5. The molecule has 1 heterocycles. The average Bonchev–Trinajstić information content (AvgIpc) is 3.06. The Morgan fingerprint density at radius 2 is 1.88 bits per heavy atom. The molecule has 1 N–H and O–H groups in total. The first kappa shape index (κ1) is 19.5. The van der Waals surface area contributed by atoms with Crippen LogP contribution in [0, 0.1) is 0 Å². The van der Waals surface area contributed by atoms with Crippen molar-refractivity contribution in [2.45, 2.75) is 26.6 Å². The molecule has 0 aliphatic rings. The lowest BCUT2D eigenvalue weighted by Gasteiger charge is -2.20. The van der Waals surface area contributed by atoms with Gasteiger partial charge in [-0.25, -0.2) is 5.43 Å². The summed E-state index contributed by atoms with van der Waals surface area (Å²) in [6, 6.07) is 8.46. The molecule has 1 amide bonds. The molecule has 9 heteroatoms. The molecule has 0 radical (unpaired) electrons. The molecule has 0 saturated heterocycles. The second kappa shape index (κ2) is 8.50. The summed E-state index contributed by atoms with van der Waals surface area (Å²) in [6.07, 6.45) is -1.97. The number of hydrazone groups is 1. The molecule has 26 heavy (non-hydrogen) atoms. The van der Waals surface area contributed by atoms with Crippen molar-refractivity contribution in [2.24, 2.45) is 5.10 Å². The van der Waals surface area contributed by atoms with Crippen LogP contribution >= 0.6 is 0 Å². The maximum Gasteiger partial charge on any atom is 0.435 e. The third-order valence-corrected chi connectivity index (χ3v) is 3.66. The first-order valence-corrected chi connectivity index (χ1v) is 8.11. The third kappa shape index (κ3) is 5.33. The highest BCUT2D eigenvalue weighted by Gasteiger charge is 2.33. The molecule has 1 aromatic carbocycles. The van der Waals surface area contributed by atoms with Crippen molar-refractivity contribution in [3.05, 3.63) is 47.8 Å². The van der Waals surface area contributed by atoms with E-state index >= 15 is 0 Å². The molecule has 1 aromatic heterocycles. The summed E-state index contributed by atoms with van der Waals surface area (Å²) in [5, 5.41) is 7.11. The van der Waals surface area contributed by atoms with Gasteiger partial charge in [0.15, 0.2) is 5.69 Å². The van der Waals surface area contributed by atoms with Gasteiger partial charge in [-0.1, -0.05) is 12.1 Å². The number of carbonyl (C=O) groups excluding carboxylic acids is 1. The number of anilines is 1. The van der Waals surface area contributed by atoms with Crippen molar-refractivity contribution in [1.29, 1.82) is 0 Å². The molecule has 0 unspecified atom stereocenters. The first-order valence-electron chi connectivity index (χ1n) is 8.11. The van der Waals surface area contributed by atoms with Crippen molar-refractivity contribution in [3.8, 4) is 0 Å². The van der Waals surface area contributed by atoms with E-state index in [1.54, 1.807) is 0 Å². The van der Waals surface area contributed by atoms with Gasteiger partial charge in [0.2, 0.25) is 0 Å². The molecule has 0 fully saturated rings. The van der Waals surface area contributed by atoms with E-state index in [0.717, 1.165) is 41.3 Å². The van der Waals surface area contributed by atoms with Crippen LogP contribution in [0.4, 0.5) is 18.9 Å². The number of nitrogens with one attached hydrogen (secondary N) is 1. The van der Waals surface area contributed by atoms with Crippen LogP contribution in [-0.2, 0) is 17.5 Å². The van der Waals surface area contributed by atoms with Crippen molar-refractivity contribution in [2.75, 3.05) is 18.0 Å². The fraction of sp³-hybridized carbons (Fsp3) is 0.353. The number of nitrogens with zero attached hydrogens (tertiary/aromatic N) is 4. The summed E-state index contributed by atoms with van der Waals surface area (Å²) in [5.74, 6) is -0.571. The second-order valence-electron chi connectivity index (χ2n) is 5.45. The quantitative estimate of drug-likeness (QED) is 0.605. The maximum absolute atomic E-state index is 12.4. The number of hydrogen-bond acceptors (Lipinski definition) is 4. The summed E-state index contributed by atoms with van der Waals surface area (Å²) in [7, 11) is 0. The van der Waals surface area contributed by atoms with Gasteiger partial charge in [-0.15, -0.1) is 0 Å². The summed E-state index contributed by atoms with van der Waals surface area (Å²) in [4.78, 5) is 13.9. The molecular weight excluding hydrogens is 347 g/mol. The lowest BCUT2D eigenvalue weighted by atomic mass is 10.2. The SMILES string of the molecule is CCN(CC)c1ccc(/C=N\NC(=O)Cn2ccc(C(F)(F)F)n2)cc1. The fourth-order valence-corrected chi connectivity index (χ4v) is 2.32. The van der Waals surface area contributed by atoms with Gasteiger partial charge >= 0.3 is 6.18 Å². The van der Waals surface area contributed by atoms with Gasteiger partial charge in [-0.05, 0) is 37.6 Å². The molecule has 6 nitrogen and oxygen atoms in total. The monoisotopic (exact) mass is 367 g/mol. The molecule has 2 aromatic rings. The van der Waals surface area contributed by atoms with E-state index in [1.807, 2.05) is 24.3 Å². The molecule has 140 valence electrons. The Balaban J connectivity index is 1.87. The van der Waals surface area contributed by atoms with Crippen LogP contribution in [0.15, 0.2) is 41.6 Å². The lowest BCUT2D eigenvalue weighted by molar-refractivity contribution is -0.141. The zero-order chi connectivity index (χ0) is 19.2. The van der Waals surface area contributed by atoms with Gasteiger partial charge in [0, 0.05) is 25.0 Å². The number of aromatic nitrogens is 2. The highest BCUT2D eigenvalue weighted by molar-refractivity contribution is 5.82. The van der Waals surface area contributed by atoms with Gasteiger partial charge in [-0.2, -0.15) is 23.4 Å². The molecule has 2 rings (SSSR count). The number of carbonyl (C=O) groups is 1. The molecule has 0 aliphatic heterocycles. The van der Waals surface area contributed by atoms with Gasteiger partial charge in [-0.3, -0.25) is 9.48 Å². The van der Waals surface area contributed by atoms with Crippen molar-refractivity contribution >= 4 is 17.8 Å². The minimum absolute atomic E-state index is 0.353. The normalized spacial score (nSPS) is 11.7. The van der Waals surface area contributed by atoms with Crippen molar-refractivity contribution in [3.63, 3.8) is 0 Å². The molecular formula is C17H20F3N5O. The Morgan fingerprint density at radius 3 is 2.42 bits per heavy atom. The van der Waals surface area contributed by atoms with Gasteiger partial charge in [0.05, 0.1) is 6.21 Å². The van der Waals surface area contributed by atoms with Crippen molar-refractivity contribution < 1.29 is 18.0 Å². The molecule has 0 spiro atoms. The second-order valence-corrected chi connectivity index (χ2v) is 5.45. The minimum Gasteiger partial charge on any atom is -0.372 e. The van der Waals surface area contributed by atoms with Crippen LogP contribution in [0.2, 0.25) is 0 Å². The van der Waals surface area contributed by atoms with Crippen molar-refractivity contribution in [1.82, 2.24) is 15.2 Å². The largest absolute Gasteiger partial charge is 0.435 e. The van der Waals surface area contributed by atoms with Gasteiger partial charge in [0.1, 0.15) is 6.54 Å². The summed E-state index contributed by atoms with van der Waals surface area (Å²) in [5.41, 5.74) is 3.11.